The predicted molar refractivity (Wildman–Crippen MR) is 150 cm³/mol. The minimum Gasteiger partial charge on any atom is -0.340 e. The van der Waals surface area contributed by atoms with Crippen LogP contribution in [0.15, 0.2) is 71.6 Å². The van der Waals surface area contributed by atoms with Crippen LogP contribution in [0.5, 0.6) is 0 Å². The minimum atomic E-state index is -0.587. The highest BCUT2D eigenvalue weighted by molar-refractivity contribution is 7.97. The molecule has 1 fully saturated rings. The van der Waals surface area contributed by atoms with Crippen LogP contribution in [0.2, 0.25) is 0 Å². The van der Waals surface area contributed by atoms with Crippen molar-refractivity contribution >= 4 is 40.2 Å². The number of amides is 2. The Balaban J connectivity index is 1.55. The third kappa shape index (κ3) is 7.11. The molecule has 36 heavy (non-hydrogen) atoms. The molecule has 5 nitrogen and oxygen atoms in total. The van der Waals surface area contributed by atoms with Crippen molar-refractivity contribution in [2.75, 3.05) is 5.32 Å². The third-order valence-electron chi connectivity index (χ3n) is 6.56. The van der Waals surface area contributed by atoms with Crippen LogP contribution in [0.4, 0.5) is 5.69 Å². The van der Waals surface area contributed by atoms with Crippen LogP contribution in [0, 0.1) is 5.92 Å². The van der Waals surface area contributed by atoms with Gasteiger partial charge in [0.2, 0.25) is 5.91 Å². The second-order valence-corrected chi connectivity index (χ2v) is 11.6. The van der Waals surface area contributed by atoms with Crippen molar-refractivity contribution in [3.63, 3.8) is 0 Å². The molecule has 6 heteroatoms. The van der Waals surface area contributed by atoms with Crippen molar-refractivity contribution in [3.8, 4) is 0 Å². The number of anilines is 1. The summed E-state index contributed by atoms with van der Waals surface area (Å²) in [6.07, 6.45) is 6.52. The summed E-state index contributed by atoms with van der Waals surface area (Å²) in [7, 11) is 0. The quantitative estimate of drug-likeness (QED) is 0.291. The Kier molecular flexibility index (Phi) is 8.70. The average Bonchev–Trinajstić information content (AvgIpc) is 2.88. The molecule has 0 saturated heterocycles. The molecular formula is C30H37N3O2S. The first-order valence-electron chi connectivity index (χ1n) is 12.9. The molecule has 0 radical (unpaired) electrons. The summed E-state index contributed by atoms with van der Waals surface area (Å²) in [6.45, 7) is 6.40. The Bertz CT molecular complexity index is 1180. The Morgan fingerprint density at radius 1 is 0.889 bits per heavy atom. The van der Waals surface area contributed by atoms with Gasteiger partial charge in [-0.3, -0.25) is 14.3 Å². The molecule has 1 aliphatic carbocycles. The predicted octanol–water partition coefficient (Wildman–Crippen LogP) is 6.94. The Morgan fingerprint density at radius 2 is 1.58 bits per heavy atom. The van der Waals surface area contributed by atoms with Gasteiger partial charge in [-0.1, -0.05) is 74.6 Å². The Morgan fingerprint density at radius 3 is 2.31 bits per heavy atom. The van der Waals surface area contributed by atoms with Crippen LogP contribution in [0.25, 0.3) is 10.8 Å². The molecule has 2 amide bonds. The number of benzene rings is 3. The molecule has 0 bridgehead atoms. The molecule has 3 aromatic carbocycles. The summed E-state index contributed by atoms with van der Waals surface area (Å²) < 4.78 is 3.47. The highest BCUT2D eigenvalue weighted by Gasteiger charge is 2.27. The van der Waals surface area contributed by atoms with E-state index in [9.17, 15) is 9.59 Å². The molecule has 3 aromatic rings. The van der Waals surface area contributed by atoms with Gasteiger partial charge in [0.1, 0.15) is 6.04 Å². The van der Waals surface area contributed by atoms with E-state index in [1.807, 2.05) is 42.5 Å². The van der Waals surface area contributed by atoms with Gasteiger partial charge < -0.3 is 10.6 Å². The van der Waals surface area contributed by atoms with Crippen LogP contribution in [-0.4, -0.2) is 23.4 Å². The van der Waals surface area contributed by atoms with Crippen LogP contribution in [-0.2, 0) is 4.79 Å². The largest absolute Gasteiger partial charge is 0.340 e. The third-order valence-corrected chi connectivity index (χ3v) is 7.85. The van der Waals surface area contributed by atoms with Gasteiger partial charge in [-0.05, 0) is 74.7 Å². The molecule has 1 saturated carbocycles. The fourth-order valence-electron chi connectivity index (χ4n) is 4.73. The van der Waals surface area contributed by atoms with Gasteiger partial charge in [0.15, 0.2) is 0 Å². The summed E-state index contributed by atoms with van der Waals surface area (Å²) in [5, 5.41) is 8.24. The lowest BCUT2D eigenvalue weighted by Gasteiger charge is -2.27. The average molecular weight is 504 g/mol. The van der Waals surface area contributed by atoms with Gasteiger partial charge in [-0.2, -0.15) is 0 Å². The van der Waals surface area contributed by atoms with E-state index in [1.165, 1.54) is 19.3 Å². The van der Waals surface area contributed by atoms with Crippen molar-refractivity contribution in [3.05, 3.63) is 72.3 Å². The van der Waals surface area contributed by atoms with Crippen LogP contribution >= 0.6 is 11.9 Å². The highest BCUT2D eigenvalue weighted by Crippen LogP contribution is 2.32. The molecule has 190 valence electrons. The van der Waals surface area contributed by atoms with Crippen molar-refractivity contribution in [2.24, 2.45) is 5.92 Å². The van der Waals surface area contributed by atoms with E-state index < -0.39 is 6.04 Å². The van der Waals surface area contributed by atoms with E-state index in [-0.39, 0.29) is 17.4 Å². The number of hydrogen-bond acceptors (Lipinski definition) is 4. The maximum absolute atomic E-state index is 13.6. The Hall–Kier alpha value is -2.83. The lowest BCUT2D eigenvalue weighted by Crippen LogP contribution is -2.45. The van der Waals surface area contributed by atoms with Crippen LogP contribution in [0.1, 0.15) is 69.7 Å². The second-order valence-electron chi connectivity index (χ2n) is 10.7. The molecule has 3 N–H and O–H groups in total. The minimum absolute atomic E-state index is 0.0258. The van der Waals surface area contributed by atoms with Crippen molar-refractivity contribution < 1.29 is 9.59 Å². The molecular weight excluding hydrogens is 466 g/mol. The second kappa shape index (κ2) is 11.9. The number of carbonyl (C=O) groups is 2. The maximum Gasteiger partial charge on any atom is 0.251 e. The summed E-state index contributed by atoms with van der Waals surface area (Å²) >= 11 is 1.60. The normalized spacial score (nSPS) is 15.4. The zero-order chi connectivity index (χ0) is 25.5. The van der Waals surface area contributed by atoms with E-state index in [4.69, 9.17) is 0 Å². The SMILES string of the molecule is CC(C)(C)NSc1cccc2c(NC(=O)[C@H](CC3CCCCC3)NC(=O)c3ccccc3)cccc12. The van der Waals surface area contributed by atoms with Crippen molar-refractivity contribution in [1.82, 2.24) is 10.0 Å². The van der Waals surface area contributed by atoms with Gasteiger partial charge >= 0.3 is 0 Å². The smallest absolute Gasteiger partial charge is 0.251 e. The number of carbonyl (C=O) groups excluding carboxylic acids is 2. The van der Waals surface area contributed by atoms with Gasteiger partial charge in [-0.15, -0.1) is 0 Å². The van der Waals surface area contributed by atoms with Gasteiger partial charge in [-0.25, -0.2) is 0 Å². The van der Waals surface area contributed by atoms with Gasteiger partial charge in [0.05, 0.1) is 0 Å². The first kappa shape index (κ1) is 26.2. The van der Waals surface area contributed by atoms with Gasteiger partial charge in [0.25, 0.3) is 5.91 Å². The lowest BCUT2D eigenvalue weighted by atomic mass is 9.84. The zero-order valence-electron chi connectivity index (χ0n) is 21.5. The highest BCUT2D eigenvalue weighted by atomic mass is 32.2. The standard InChI is InChI=1S/C30H37N3O2S/c1-30(2,3)33-36-27-19-11-16-23-24(27)17-10-18-25(23)31-29(35)26(20-21-12-6-4-7-13-21)32-28(34)22-14-8-5-9-15-22/h5,8-11,14-19,21,26,33H,4,6-7,12-13,20H2,1-3H3,(H,31,35)(H,32,34)/t26-/m0/s1. The fourth-order valence-corrected chi connectivity index (χ4v) is 5.58. The fraction of sp³-hybridized carbons (Fsp3) is 0.400. The van der Waals surface area contributed by atoms with Gasteiger partial charge in [0, 0.05) is 27.1 Å². The van der Waals surface area contributed by atoms with Crippen LogP contribution in [0.3, 0.4) is 0 Å². The van der Waals surface area contributed by atoms with E-state index in [1.54, 1.807) is 24.1 Å². The van der Waals surface area contributed by atoms with Crippen molar-refractivity contribution in [2.45, 2.75) is 75.8 Å². The number of nitrogens with one attached hydrogen (secondary N) is 3. The maximum atomic E-state index is 13.6. The number of fused-ring (bicyclic) bond motifs is 1. The van der Waals surface area contributed by atoms with E-state index in [0.29, 0.717) is 17.9 Å². The molecule has 0 spiro atoms. The number of rotatable bonds is 8. The molecule has 0 unspecified atom stereocenters. The molecule has 1 atom stereocenters. The topological polar surface area (TPSA) is 70.2 Å². The molecule has 0 aliphatic heterocycles. The monoisotopic (exact) mass is 503 g/mol. The summed E-state index contributed by atoms with van der Waals surface area (Å²) in [6, 6.07) is 20.6. The van der Waals surface area contributed by atoms with Crippen molar-refractivity contribution in [1.29, 1.82) is 0 Å². The van der Waals surface area contributed by atoms with E-state index in [0.717, 1.165) is 34.2 Å². The van der Waals surface area contributed by atoms with E-state index in [2.05, 4.69) is 48.3 Å². The zero-order valence-corrected chi connectivity index (χ0v) is 22.3. The molecule has 0 aromatic heterocycles. The first-order valence-corrected chi connectivity index (χ1v) is 13.7. The lowest BCUT2D eigenvalue weighted by molar-refractivity contribution is -0.118. The Labute approximate surface area is 219 Å². The first-order chi connectivity index (χ1) is 17.3. The molecule has 4 rings (SSSR count). The molecule has 1 aliphatic rings. The molecule has 0 heterocycles. The van der Waals surface area contributed by atoms with E-state index >= 15 is 0 Å². The summed E-state index contributed by atoms with van der Waals surface area (Å²) in [4.78, 5) is 27.7. The number of hydrogen-bond donors (Lipinski definition) is 3. The summed E-state index contributed by atoms with van der Waals surface area (Å²) in [5.74, 6) is 0.0733. The van der Waals surface area contributed by atoms with Crippen LogP contribution < -0.4 is 15.4 Å². The summed E-state index contributed by atoms with van der Waals surface area (Å²) in [5.41, 5.74) is 1.30.